The van der Waals surface area contributed by atoms with E-state index in [9.17, 15) is 9.59 Å². The maximum atomic E-state index is 12.6. The molecule has 4 aromatic rings. The molecule has 1 amide bonds. The molecule has 2 heterocycles. The third-order valence-corrected chi connectivity index (χ3v) is 5.30. The van der Waals surface area contributed by atoms with Gasteiger partial charge in [-0.1, -0.05) is 24.3 Å². The van der Waals surface area contributed by atoms with Crippen LogP contribution >= 0.6 is 0 Å². The zero-order chi connectivity index (χ0) is 19.8. The number of anilines is 1. The molecule has 0 bridgehead atoms. The van der Waals surface area contributed by atoms with Crippen molar-refractivity contribution in [1.82, 2.24) is 20.0 Å². The fraction of sp³-hybridized carbons (Fsp3) is 0.182. The first-order valence-electron chi connectivity index (χ1n) is 9.66. The summed E-state index contributed by atoms with van der Waals surface area (Å²) in [6.07, 6.45) is 5.34. The Balaban J connectivity index is 1.42. The summed E-state index contributed by atoms with van der Waals surface area (Å²) in [4.78, 5) is 29.4. The van der Waals surface area contributed by atoms with Gasteiger partial charge in [-0.3, -0.25) is 9.59 Å². The summed E-state index contributed by atoms with van der Waals surface area (Å²) in [7, 11) is 0. The van der Waals surface area contributed by atoms with Crippen LogP contribution in [-0.2, 0) is 12.8 Å². The lowest BCUT2D eigenvalue weighted by atomic mass is 9.90. The van der Waals surface area contributed by atoms with Crippen LogP contribution in [0.3, 0.4) is 0 Å². The smallest absolute Gasteiger partial charge is 0.277 e. The van der Waals surface area contributed by atoms with Gasteiger partial charge in [-0.2, -0.15) is 9.90 Å². The minimum absolute atomic E-state index is 0.0264. The second-order valence-electron chi connectivity index (χ2n) is 7.19. The molecule has 1 aliphatic carbocycles. The molecule has 0 fully saturated rings. The number of pyridine rings is 1. The van der Waals surface area contributed by atoms with Gasteiger partial charge in [0.25, 0.3) is 11.5 Å². The monoisotopic (exact) mass is 385 g/mol. The maximum Gasteiger partial charge on any atom is 0.277 e. The van der Waals surface area contributed by atoms with Crippen LogP contribution in [-0.4, -0.2) is 25.9 Å². The Labute approximate surface area is 166 Å². The van der Waals surface area contributed by atoms with Gasteiger partial charge >= 0.3 is 0 Å². The molecule has 29 heavy (non-hydrogen) atoms. The van der Waals surface area contributed by atoms with Gasteiger partial charge in [-0.15, -0.1) is 5.10 Å². The molecule has 0 aliphatic heterocycles. The summed E-state index contributed by atoms with van der Waals surface area (Å²) in [5.74, 6) is -0.355. The number of fused-ring (bicyclic) bond motifs is 3. The van der Waals surface area contributed by atoms with E-state index >= 15 is 0 Å². The Morgan fingerprint density at radius 3 is 2.66 bits per heavy atom. The summed E-state index contributed by atoms with van der Waals surface area (Å²) in [6.45, 7) is 0. The Morgan fingerprint density at radius 2 is 1.83 bits per heavy atom. The van der Waals surface area contributed by atoms with E-state index in [0.717, 1.165) is 53.4 Å². The molecule has 0 radical (unpaired) electrons. The number of carbonyl (C=O) groups excluding carboxylic acids is 1. The molecule has 0 saturated carbocycles. The van der Waals surface area contributed by atoms with E-state index < -0.39 is 0 Å². The fourth-order valence-corrected chi connectivity index (χ4v) is 3.89. The molecule has 2 aromatic heterocycles. The van der Waals surface area contributed by atoms with Gasteiger partial charge in [0, 0.05) is 16.6 Å². The summed E-state index contributed by atoms with van der Waals surface area (Å²) in [5.41, 5.74) is 4.34. The van der Waals surface area contributed by atoms with Gasteiger partial charge in [-0.25, -0.2) is 0 Å². The third kappa shape index (κ3) is 3.20. The van der Waals surface area contributed by atoms with E-state index in [4.69, 9.17) is 0 Å². The molecule has 2 aromatic carbocycles. The highest BCUT2D eigenvalue weighted by Gasteiger charge is 2.17. The Morgan fingerprint density at radius 1 is 1.03 bits per heavy atom. The lowest BCUT2D eigenvalue weighted by Gasteiger charge is -2.17. The van der Waals surface area contributed by atoms with Crippen LogP contribution in [0.1, 0.15) is 34.5 Å². The van der Waals surface area contributed by atoms with E-state index in [1.54, 1.807) is 6.07 Å². The molecule has 0 atom stereocenters. The average molecular weight is 385 g/mol. The lowest BCUT2D eigenvalue weighted by Crippen LogP contribution is -2.19. The summed E-state index contributed by atoms with van der Waals surface area (Å²) < 4.78 is 0. The number of benzene rings is 2. The van der Waals surface area contributed by atoms with E-state index in [1.165, 1.54) is 11.0 Å². The minimum Gasteiger partial charge on any atom is -0.322 e. The van der Waals surface area contributed by atoms with Crippen molar-refractivity contribution in [2.24, 2.45) is 0 Å². The normalized spacial score (nSPS) is 13.2. The number of aromatic nitrogens is 4. The Kier molecular flexibility index (Phi) is 4.20. The van der Waals surface area contributed by atoms with Crippen LogP contribution < -0.4 is 10.9 Å². The number of hydrogen-bond donors (Lipinski definition) is 2. The van der Waals surface area contributed by atoms with Crippen molar-refractivity contribution in [3.05, 3.63) is 81.9 Å². The molecule has 7 heteroatoms. The van der Waals surface area contributed by atoms with Crippen LogP contribution in [0.5, 0.6) is 0 Å². The standard InChI is InChI=1S/C22H19N5O2/c28-21-18-9-5-4-8-16(18)17-11-10-14(12-19(17)25-21)24-22(29)20-13-23-27(26-20)15-6-2-1-3-7-15/h1-3,6-7,10-13H,4-5,8-9H2,(H,24,29)(H,25,28). The average Bonchev–Trinajstić information content (AvgIpc) is 3.25. The van der Waals surface area contributed by atoms with Crippen molar-refractivity contribution in [2.45, 2.75) is 25.7 Å². The van der Waals surface area contributed by atoms with Crippen molar-refractivity contribution in [2.75, 3.05) is 5.32 Å². The number of H-pyrrole nitrogens is 1. The van der Waals surface area contributed by atoms with E-state index in [2.05, 4.69) is 20.5 Å². The quantitative estimate of drug-likeness (QED) is 0.566. The first-order chi connectivity index (χ1) is 14.2. The predicted molar refractivity (Wildman–Crippen MR) is 111 cm³/mol. The van der Waals surface area contributed by atoms with E-state index in [0.29, 0.717) is 5.69 Å². The molecule has 5 rings (SSSR count). The molecular weight excluding hydrogens is 366 g/mol. The lowest BCUT2D eigenvalue weighted by molar-refractivity contribution is 0.102. The number of aromatic amines is 1. The first-order valence-corrected chi connectivity index (χ1v) is 9.66. The molecule has 7 nitrogen and oxygen atoms in total. The number of amides is 1. The number of nitrogens with zero attached hydrogens (tertiary/aromatic N) is 3. The highest BCUT2D eigenvalue weighted by atomic mass is 16.2. The van der Waals surface area contributed by atoms with Gasteiger partial charge in [0.2, 0.25) is 0 Å². The summed E-state index contributed by atoms with van der Waals surface area (Å²) in [5, 5.41) is 12.3. The second-order valence-corrected chi connectivity index (χ2v) is 7.19. The minimum atomic E-state index is -0.355. The first kappa shape index (κ1) is 17.4. The van der Waals surface area contributed by atoms with E-state index in [1.807, 2.05) is 42.5 Å². The number of para-hydroxylation sites is 1. The molecule has 0 saturated heterocycles. The molecule has 0 spiro atoms. The van der Waals surface area contributed by atoms with Crippen molar-refractivity contribution < 1.29 is 4.79 Å². The Bertz CT molecular complexity index is 1270. The van der Waals surface area contributed by atoms with Crippen molar-refractivity contribution in [1.29, 1.82) is 0 Å². The van der Waals surface area contributed by atoms with Crippen LogP contribution in [0.4, 0.5) is 5.69 Å². The van der Waals surface area contributed by atoms with Crippen molar-refractivity contribution in [3.63, 3.8) is 0 Å². The number of hydrogen-bond acceptors (Lipinski definition) is 4. The van der Waals surface area contributed by atoms with Gasteiger partial charge in [0.15, 0.2) is 5.69 Å². The van der Waals surface area contributed by atoms with Crippen LogP contribution in [0.25, 0.3) is 16.6 Å². The van der Waals surface area contributed by atoms with Crippen LogP contribution in [0, 0.1) is 0 Å². The third-order valence-electron chi connectivity index (χ3n) is 5.30. The van der Waals surface area contributed by atoms with Crippen molar-refractivity contribution in [3.8, 4) is 5.69 Å². The van der Waals surface area contributed by atoms with Gasteiger partial charge < -0.3 is 10.3 Å². The summed E-state index contributed by atoms with van der Waals surface area (Å²) >= 11 is 0. The SMILES string of the molecule is O=C(Nc1ccc2c3c(c(=O)[nH]c2c1)CCCC3)c1cnn(-c2ccccc2)n1. The van der Waals surface area contributed by atoms with Gasteiger partial charge in [0.05, 0.1) is 17.4 Å². The van der Waals surface area contributed by atoms with Gasteiger partial charge in [-0.05, 0) is 55.5 Å². The van der Waals surface area contributed by atoms with Crippen LogP contribution in [0.2, 0.25) is 0 Å². The fourth-order valence-electron chi connectivity index (χ4n) is 3.89. The zero-order valence-corrected chi connectivity index (χ0v) is 15.7. The molecule has 0 unspecified atom stereocenters. The molecule has 144 valence electrons. The number of rotatable bonds is 3. The number of nitrogens with one attached hydrogen (secondary N) is 2. The largest absolute Gasteiger partial charge is 0.322 e. The highest BCUT2D eigenvalue weighted by molar-refractivity contribution is 6.03. The van der Waals surface area contributed by atoms with Crippen molar-refractivity contribution >= 4 is 22.5 Å². The maximum absolute atomic E-state index is 12.6. The van der Waals surface area contributed by atoms with Gasteiger partial charge in [0.1, 0.15) is 0 Å². The predicted octanol–water partition coefficient (Wildman–Crippen LogP) is 3.24. The number of carbonyl (C=O) groups is 1. The summed E-state index contributed by atoms with van der Waals surface area (Å²) in [6, 6.07) is 15.0. The molecular formula is C22H19N5O2. The van der Waals surface area contributed by atoms with E-state index in [-0.39, 0.29) is 17.2 Å². The van der Waals surface area contributed by atoms with Crippen LogP contribution in [0.15, 0.2) is 59.5 Å². The molecule has 1 aliphatic rings. The topological polar surface area (TPSA) is 92.7 Å². The zero-order valence-electron chi connectivity index (χ0n) is 15.7. The number of aryl methyl sites for hydroxylation is 1. The molecule has 2 N–H and O–H groups in total. The second kappa shape index (κ2) is 7.01. The highest BCUT2D eigenvalue weighted by Crippen LogP contribution is 2.27. The Hall–Kier alpha value is -3.74.